The fourth-order valence-corrected chi connectivity index (χ4v) is 3.26. The number of amides is 1. The molecule has 1 saturated carbocycles. The van der Waals surface area contributed by atoms with Gasteiger partial charge in [-0.25, -0.2) is 4.98 Å². The molecule has 1 aromatic carbocycles. The zero-order valence-electron chi connectivity index (χ0n) is 15.9. The first-order valence-electron chi connectivity index (χ1n) is 9.32. The number of methoxy groups -OCH3 is 1. The van der Waals surface area contributed by atoms with Crippen molar-refractivity contribution >= 4 is 23.5 Å². The number of hydrogen-bond donors (Lipinski definition) is 2. The van der Waals surface area contributed by atoms with Crippen molar-refractivity contribution in [2.45, 2.75) is 45.1 Å². The highest BCUT2D eigenvalue weighted by Gasteiger charge is 2.15. The van der Waals surface area contributed by atoms with Crippen LogP contribution in [0, 0.1) is 6.92 Å². The van der Waals surface area contributed by atoms with Gasteiger partial charge in [-0.1, -0.05) is 25.3 Å². The van der Waals surface area contributed by atoms with Gasteiger partial charge in [-0.15, -0.1) is 0 Å². The van der Waals surface area contributed by atoms with Crippen molar-refractivity contribution in [3.8, 4) is 5.75 Å². The van der Waals surface area contributed by atoms with E-state index < -0.39 is 0 Å². The van der Waals surface area contributed by atoms with E-state index >= 15 is 0 Å². The monoisotopic (exact) mass is 366 g/mol. The van der Waals surface area contributed by atoms with Gasteiger partial charge in [0.25, 0.3) is 5.91 Å². The lowest BCUT2D eigenvalue weighted by Crippen LogP contribution is -2.15. The summed E-state index contributed by atoms with van der Waals surface area (Å²) in [5, 5.41) is 2.87. The van der Waals surface area contributed by atoms with Crippen LogP contribution in [0.25, 0.3) is 0 Å². The number of aryl methyl sites for hydroxylation is 1. The Morgan fingerprint density at radius 1 is 1.30 bits per heavy atom. The molecule has 1 heterocycles. The van der Waals surface area contributed by atoms with Crippen molar-refractivity contribution < 1.29 is 9.53 Å². The van der Waals surface area contributed by atoms with Gasteiger partial charge in [0, 0.05) is 35.3 Å². The van der Waals surface area contributed by atoms with Crippen LogP contribution in [-0.4, -0.2) is 30.3 Å². The summed E-state index contributed by atoms with van der Waals surface area (Å²) in [5.41, 5.74) is 9.17. The van der Waals surface area contributed by atoms with Gasteiger partial charge in [0.1, 0.15) is 11.4 Å². The number of carbonyl (C=O) groups excluding carboxylic acids is 1. The summed E-state index contributed by atoms with van der Waals surface area (Å²) in [6, 6.07) is 9.20. The van der Waals surface area contributed by atoms with Crippen LogP contribution >= 0.6 is 0 Å². The third-order valence-corrected chi connectivity index (χ3v) is 4.77. The Kier molecular flexibility index (Phi) is 6.06. The topological polar surface area (TPSA) is 89.6 Å². The summed E-state index contributed by atoms with van der Waals surface area (Å²) < 4.78 is 5.38. The van der Waals surface area contributed by atoms with Crippen LogP contribution in [0.15, 0.2) is 35.3 Å². The van der Waals surface area contributed by atoms with E-state index in [9.17, 15) is 4.79 Å². The second-order valence-electron chi connectivity index (χ2n) is 6.87. The Bertz CT molecular complexity index is 842. The summed E-state index contributed by atoms with van der Waals surface area (Å²) in [6.45, 7) is 1.85. The first-order chi connectivity index (χ1) is 13.1. The van der Waals surface area contributed by atoms with E-state index in [-0.39, 0.29) is 5.91 Å². The fourth-order valence-electron chi connectivity index (χ4n) is 3.26. The molecule has 0 spiro atoms. The normalized spacial score (nSPS) is 15.0. The Morgan fingerprint density at radius 3 is 2.78 bits per heavy atom. The molecular formula is C21H26N4O2. The Morgan fingerprint density at radius 2 is 2.07 bits per heavy atom. The molecule has 0 bridgehead atoms. The average Bonchev–Trinajstić information content (AvgIpc) is 2.68. The van der Waals surface area contributed by atoms with Crippen molar-refractivity contribution in [3.05, 3.63) is 47.3 Å². The second-order valence-corrected chi connectivity index (χ2v) is 6.87. The number of aliphatic imine (C=N–C) groups is 1. The number of aromatic nitrogens is 1. The molecule has 1 fully saturated rings. The number of nitrogens with one attached hydrogen (secondary N) is 1. The van der Waals surface area contributed by atoms with Gasteiger partial charge < -0.3 is 15.8 Å². The van der Waals surface area contributed by atoms with Gasteiger partial charge in [0.15, 0.2) is 0 Å². The van der Waals surface area contributed by atoms with E-state index in [1.54, 1.807) is 31.4 Å². The molecule has 0 unspecified atom stereocenters. The van der Waals surface area contributed by atoms with Crippen LogP contribution in [0.3, 0.4) is 0 Å². The predicted octanol–water partition coefficient (Wildman–Crippen LogP) is 3.98. The van der Waals surface area contributed by atoms with E-state index in [1.807, 2.05) is 19.2 Å². The summed E-state index contributed by atoms with van der Waals surface area (Å²) in [5.74, 6) is 0.209. The zero-order chi connectivity index (χ0) is 19.2. The molecule has 142 valence electrons. The average molecular weight is 366 g/mol. The molecule has 0 radical (unpaired) electrons. The third kappa shape index (κ3) is 4.84. The van der Waals surface area contributed by atoms with Crippen molar-refractivity contribution in [1.82, 2.24) is 4.98 Å². The molecule has 3 rings (SSSR count). The van der Waals surface area contributed by atoms with Gasteiger partial charge in [-0.05, 0) is 38.0 Å². The highest BCUT2D eigenvalue weighted by Crippen LogP contribution is 2.30. The van der Waals surface area contributed by atoms with Crippen LogP contribution in [0.1, 0.15) is 53.8 Å². The van der Waals surface area contributed by atoms with Crippen molar-refractivity contribution in [2.75, 3.05) is 18.2 Å². The Balaban J connectivity index is 1.83. The Hall–Kier alpha value is -2.89. The second kappa shape index (κ2) is 8.66. The first kappa shape index (κ1) is 18.9. The number of rotatable bonds is 5. The van der Waals surface area contributed by atoms with Crippen LogP contribution in [0.5, 0.6) is 5.75 Å². The van der Waals surface area contributed by atoms with Gasteiger partial charge in [0.05, 0.1) is 12.8 Å². The summed E-state index contributed by atoms with van der Waals surface area (Å²) in [7, 11) is 1.55. The lowest BCUT2D eigenvalue weighted by atomic mass is 9.96. The largest absolute Gasteiger partial charge is 0.494 e. The van der Waals surface area contributed by atoms with Crippen molar-refractivity contribution in [3.63, 3.8) is 0 Å². The molecule has 2 aromatic rings. The van der Waals surface area contributed by atoms with E-state index in [4.69, 9.17) is 10.5 Å². The standard InChI is InChI=1S/C21H26N4O2/c1-14-7-6-10-18(24-14)21(26)25-19-11-15(17(22)12-20(19)27-2)13-23-16-8-4-3-5-9-16/h6-7,10-13,16H,3-5,8-9,22H2,1-2H3,(H,25,26). The lowest BCUT2D eigenvalue weighted by Gasteiger charge is -2.17. The van der Waals surface area contributed by atoms with E-state index in [1.165, 1.54) is 19.3 Å². The number of nitrogens with zero attached hydrogens (tertiary/aromatic N) is 2. The van der Waals surface area contributed by atoms with Crippen LogP contribution in [0.2, 0.25) is 0 Å². The number of nitrogen functional groups attached to an aromatic ring is 1. The molecule has 0 saturated heterocycles. The van der Waals surface area contributed by atoms with Crippen LogP contribution < -0.4 is 15.8 Å². The molecule has 6 heteroatoms. The minimum Gasteiger partial charge on any atom is -0.494 e. The van der Waals surface area contributed by atoms with E-state index in [0.29, 0.717) is 28.9 Å². The molecular weight excluding hydrogens is 340 g/mol. The van der Waals surface area contributed by atoms with Crippen molar-refractivity contribution in [1.29, 1.82) is 0 Å². The zero-order valence-corrected chi connectivity index (χ0v) is 15.9. The minimum atomic E-state index is -0.294. The predicted molar refractivity (Wildman–Crippen MR) is 109 cm³/mol. The summed E-state index contributed by atoms with van der Waals surface area (Å²) >= 11 is 0. The first-order valence-corrected chi connectivity index (χ1v) is 9.32. The highest BCUT2D eigenvalue weighted by molar-refractivity contribution is 6.04. The molecule has 3 N–H and O–H groups in total. The maximum absolute atomic E-state index is 12.5. The van der Waals surface area contributed by atoms with Crippen LogP contribution in [0.4, 0.5) is 11.4 Å². The minimum absolute atomic E-state index is 0.294. The number of benzene rings is 1. The molecule has 1 amide bonds. The number of nitrogens with two attached hydrogens (primary N) is 1. The Labute approximate surface area is 159 Å². The lowest BCUT2D eigenvalue weighted by molar-refractivity contribution is 0.102. The van der Waals surface area contributed by atoms with Gasteiger partial charge in [-0.3, -0.25) is 9.79 Å². The third-order valence-electron chi connectivity index (χ3n) is 4.77. The maximum atomic E-state index is 12.5. The summed E-state index contributed by atoms with van der Waals surface area (Å²) in [6.07, 6.45) is 7.80. The summed E-state index contributed by atoms with van der Waals surface area (Å²) in [4.78, 5) is 21.5. The highest BCUT2D eigenvalue weighted by atomic mass is 16.5. The quantitative estimate of drug-likeness (QED) is 0.618. The fraction of sp³-hybridized carbons (Fsp3) is 0.381. The number of pyridine rings is 1. The molecule has 1 aliphatic carbocycles. The number of ether oxygens (including phenoxy) is 1. The number of carbonyl (C=O) groups is 1. The molecule has 0 atom stereocenters. The van der Waals surface area contributed by atoms with Gasteiger partial charge in [-0.2, -0.15) is 0 Å². The van der Waals surface area contributed by atoms with Gasteiger partial charge in [0.2, 0.25) is 0 Å². The van der Waals surface area contributed by atoms with Crippen molar-refractivity contribution in [2.24, 2.45) is 4.99 Å². The molecule has 1 aromatic heterocycles. The maximum Gasteiger partial charge on any atom is 0.274 e. The number of anilines is 2. The molecule has 0 aliphatic heterocycles. The van der Waals surface area contributed by atoms with E-state index in [2.05, 4.69) is 15.3 Å². The molecule has 27 heavy (non-hydrogen) atoms. The smallest absolute Gasteiger partial charge is 0.274 e. The molecule has 6 nitrogen and oxygen atoms in total. The van der Waals surface area contributed by atoms with Gasteiger partial charge >= 0.3 is 0 Å². The van der Waals surface area contributed by atoms with Crippen LogP contribution in [-0.2, 0) is 0 Å². The SMILES string of the molecule is COc1cc(N)c(C=NC2CCCCC2)cc1NC(=O)c1cccc(C)n1. The van der Waals surface area contributed by atoms with E-state index in [0.717, 1.165) is 24.1 Å². The number of hydrogen-bond acceptors (Lipinski definition) is 5. The molecule has 1 aliphatic rings.